The van der Waals surface area contributed by atoms with Crippen molar-refractivity contribution in [3.05, 3.63) is 59.9 Å². The highest BCUT2D eigenvalue weighted by Gasteiger charge is 1.98. The number of allylic oxidation sites excluding steroid dienone is 1. The Bertz CT molecular complexity index is 659. The van der Waals surface area contributed by atoms with Crippen LogP contribution >= 0.6 is 0 Å². The molecule has 2 aromatic rings. The molecule has 2 rings (SSSR count). The summed E-state index contributed by atoms with van der Waals surface area (Å²) in [6, 6.07) is 10.1. The molecule has 0 aliphatic rings. The zero-order valence-electron chi connectivity index (χ0n) is 13.4. The number of hydrogen-bond donors (Lipinski definition) is 1. The molecule has 5 nitrogen and oxygen atoms in total. The summed E-state index contributed by atoms with van der Waals surface area (Å²) in [5, 5.41) is 10.9. The van der Waals surface area contributed by atoms with E-state index in [-0.39, 0.29) is 5.91 Å². The average molecular weight is 310 g/mol. The Morgan fingerprint density at radius 3 is 2.87 bits per heavy atom. The van der Waals surface area contributed by atoms with Crippen LogP contribution in [-0.4, -0.2) is 27.4 Å². The van der Waals surface area contributed by atoms with E-state index < -0.39 is 0 Å². The maximum Gasteiger partial charge on any atom is 0.244 e. The third-order valence-corrected chi connectivity index (χ3v) is 3.19. The molecule has 1 N–H and O–H groups in total. The van der Waals surface area contributed by atoms with E-state index in [1.165, 1.54) is 6.08 Å². The lowest BCUT2D eigenvalue weighted by Gasteiger charge is -1.98. The summed E-state index contributed by atoms with van der Waals surface area (Å²) in [6.45, 7) is 3.43. The minimum Gasteiger partial charge on any atom is -0.353 e. The van der Waals surface area contributed by atoms with Crippen LogP contribution in [-0.2, 0) is 11.3 Å². The fourth-order valence-corrected chi connectivity index (χ4v) is 1.95. The van der Waals surface area contributed by atoms with Gasteiger partial charge in [0.15, 0.2) is 0 Å². The minimum absolute atomic E-state index is 0.100. The second-order valence-electron chi connectivity index (χ2n) is 5.16. The van der Waals surface area contributed by atoms with Crippen LogP contribution in [0.5, 0.6) is 0 Å². The van der Waals surface area contributed by atoms with E-state index in [9.17, 15) is 4.79 Å². The summed E-state index contributed by atoms with van der Waals surface area (Å²) in [5.41, 5.74) is 1.82. The van der Waals surface area contributed by atoms with Crippen LogP contribution < -0.4 is 5.32 Å². The molecule has 1 aromatic carbocycles. The molecular formula is C18H22N4O. The summed E-state index contributed by atoms with van der Waals surface area (Å²) < 4.78 is 1.73. The van der Waals surface area contributed by atoms with Crippen molar-refractivity contribution >= 4 is 18.1 Å². The molecule has 0 spiro atoms. The summed E-state index contributed by atoms with van der Waals surface area (Å²) in [6.07, 6.45) is 11.1. The molecule has 1 heterocycles. The number of amides is 1. The number of nitrogens with one attached hydrogen (secondary N) is 1. The maximum atomic E-state index is 11.6. The van der Waals surface area contributed by atoms with Crippen molar-refractivity contribution in [1.29, 1.82) is 0 Å². The van der Waals surface area contributed by atoms with Crippen LogP contribution in [0.2, 0.25) is 0 Å². The Labute approximate surface area is 136 Å². The van der Waals surface area contributed by atoms with Crippen molar-refractivity contribution < 1.29 is 4.79 Å². The van der Waals surface area contributed by atoms with Crippen molar-refractivity contribution in [3.63, 3.8) is 0 Å². The predicted molar refractivity (Wildman–Crippen MR) is 92.4 cm³/mol. The van der Waals surface area contributed by atoms with Crippen molar-refractivity contribution in [1.82, 2.24) is 20.3 Å². The number of benzene rings is 1. The van der Waals surface area contributed by atoms with Crippen molar-refractivity contribution in [3.8, 4) is 0 Å². The molecule has 0 saturated carbocycles. The molecule has 23 heavy (non-hydrogen) atoms. The van der Waals surface area contributed by atoms with Gasteiger partial charge in [-0.25, -0.2) is 4.68 Å². The van der Waals surface area contributed by atoms with E-state index in [1.807, 2.05) is 48.7 Å². The molecule has 0 fully saturated rings. The fraction of sp³-hybridized carbons (Fsp3) is 0.278. The molecule has 0 saturated heterocycles. The van der Waals surface area contributed by atoms with Gasteiger partial charge in [-0.05, 0) is 18.1 Å². The topological polar surface area (TPSA) is 59.8 Å². The molecule has 0 bridgehead atoms. The van der Waals surface area contributed by atoms with Gasteiger partial charge in [-0.2, -0.15) is 0 Å². The quantitative estimate of drug-likeness (QED) is 0.602. The van der Waals surface area contributed by atoms with Gasteiger partial charge in [0.25, 0.3) is 0 Å². The molecule has 1 amide bonds. The second kappa shape index (κ2) is 9.35. The van der Waals surface area contributed by atoms with Gasteiger partial charge in [-0.15, -0.1) is 5.10 Å². The minimum atomic E-state index is -0.100. The first kappa shape index (κ1) is 16.7. The zero-order chi connectivity index (χ0) is 16.3. The summed E-state index contributed by atoms with van der Waals surface area (Å²) in [5.74, 6) is -0.100. The number of carbonyl (C=O) groups excluding carboxylic acids is 1. The average Bonchev–Trinajstić information content (AvgIpc) is 3.02. The number of rotatable bonds is 8. The zero-order valence-corrected chi connectivity index (χ0v) is 13.4. The molecule has 0 atom stereocenters. The van der Waals surface area contributed by atoms with Gasteiger partial charge in [0.05, 0.1) is 12.7 Å². The van der Waals surface area contributed by atoms with Crippen LogP contribution in [0.4, 0.5) is 0 Å². The second-order valence-corrected chi connectivity index (χ2v) is 5.16. The Morgan fingerprint density at radius 2 is 2.09 bits per heavy atom. The number of unbranched alkanes of at least 4 members (excludes halogenated alkanes) is 1. The van der Waals surface area contributed by atoms with Gasteiger partial charge in [-0.3, -0.25) is 4.79 Å². The molecule has 0 aliphatic carbocycles. The third-order valence-electron chi connectivity index (χ3n) is 3.19. The lowest BCUT2D eigenvalue weighted by Crippen LogP contribution is -2.21. The number of carbonyl (C=O) groups is 1. The molecule has 0 radical (unpaired) electrons. The van der Waals surface area contributed by atoms with Crippen LogP contribution in [0.25, 0.3) is 12.2 Å². The van der Waals surface area contributed by atoms with Crippen molar-refractivity contribution in [2.45, 2.75) is 26.3 Å². The lowest BCUT2D eigenvalue weighted by atomic mass is 10.2. The van der Waals surface area contributed by atoms with E-state index in [0.717, 1.165) is 18.4 Å². The predicted octanol–water partition coefficient (Wildman–Crippen LogP) is 2.92. The standard InChI is InChI=1S/C18H22N4O/c1-2-3-13-19-18(23)12-11-17-15-22(21-20-17)14-7-10-16-8-5-4-6-9-16/h4-12,15H,2-3,13-14H2,1H3,(H,19,23)/b10-7?,12-11-. The first-order chi connectivity index (χ1) is 11.3. The molecule has 0 aliphatic heterocycles. The highest BCUT2D eigenvalue weighted by atomic mass is 16.1. The number of hydrogen-bond acceptors (Lipinski definition) is 3. The van der Waals surface area contributed by atoms with Crippen molar-refractivity contribution in [2.24, 2.45) is 0 Å². The van der Waals surface area contributed by atoms with Gasteiger partial charge in [0.2, 0.25) is 5.91 Å². The van der Waals surface area contributed by atoms with E-state index in [4.69, 9.17) is 0 Å². The van der Waals surface area contributed by atoms with Crippen LogP contribution in [0.3, 0.4) is 0 Å². The van der Waals surface area contributed by atoms with Crippen molar-refractivity contribution in [2.75, 3.05) is 6.54 Å². The highest BCUT2D eigenvalue weighted by molar-refractivity contribution is 5.91. The summed E-state index contributed by atoms with van der Waals surface area (Å²) >= 11 is 0. The van der Waals surface area contributed by atoms with Gasteiger partial charge in [0, 0.05) is 12.6 Å². The van der Waals surface area contributed by atoms with Gasteiger partial charge >= 0.3 is 0 Å². The van der Waals surface area contributed by atoms with Crippen LogP contribution in [0.1, 0.15) is 31.0 Å². The van der Waals surface area contributed by atoms with E-state index in [0.29, 0.717) is 18.8 Å². The number of aromatic nitrogens is 3. The fourth-order valence-electron chi connectivity index (χ4n) is 1.95. The van der Waals surface area contributed by atoms with Gasteiger partial charge < -0.3 is 5.32 Å². The summed E-state index contributed by atoms with van der Waals surface area (Å²) in [4.78, 5) is 11.6. The maximum absolute atomic E-state index is 11.6. The van der Waals surface area contributed by atoms with Crippen LogP contribution in [0.15, 0.2) is 48.7 Å². The number of nitrogens with zero attached hydrogens (tertiary/aromatic N) is 3. The van der Waals surface area contributed by atoms with Gasteiger partial charge in [-0.1, -0.05) is 61.0 Å². The Balaban J connectivity index is 1.81. The van der Waals surface area contributed by atoms with Crippen LogP contribution in [0, 0.1) is 0 Å². The lowest BCUT2D eigenvalue weighted by molar-refractivity contribution is -0.116. The SMILES string of the molecule is CCCCNC(=O)/C=C\c1cn(CC=Cc2ccccc2)nn1. The normalized spacial score (nSPS) is 11.3. The molecule has 5 heteroatoms. The Morgan fingerprint density at radius 1 is 1.26 bits per heavy atom. The van der Waals surface area contributed by atoms with E-state index in [2.05, 4.69) is 22.6 Å². The molecule has 0 unspecified atom stereocenters. The van der Waals surface area contributed by atoms with Gasteiger partial charge in [0.1, 0.15) is 5.69 Å². The Kier molecular flexibility index (Phi) is 6.78. The molecule has 1 aromatic heterocycles. The largest absolute Gasteiger partial charge is 0.353 e. The first-order valence-corrected chi connectivity index (χ1v) is 7.85. The first-order valence-electron chi connectivity index (χ1n) is 7.85. The molecule has 120 valence electrons. The highest BCUT2D eigenvalue weighted by Crippen LogP contribution is 2.02. The molecular weight excluding hydrogens is 288 g/mol. The Hall–Kier alpha value is -2.69. The third kappa shape index (κ3) is 6.30. The van der Waals surface area contributed by atoms with E-state index >= 15 is 0 Å². The summed E-state index contributed by atoms with van der Waals surface area (Å²) in [7, 11) is 0. The monoisotopic (exact) mass is 310 g/mol. The van der Waals surface area contributed by atoms with E-state index in [1.54, 1.807) is 10.8 Å². The smallest absolute Gasteiger partial charge is 0.244 e.